The van der Waals surface area contributed by atoms with Gasteiger partial charge in [-0.15, -0.1) is 0 Å². The highest BCUT2D eigenvalue weighted by molar-refractivity contribution is 5.93. The lowest BCUT2D eigenvalue weighted by Gasteiger charge is -2.32. The molecule has 2 heterocycles. The van der Waals surface area contributed by atoms with Gasteiger partial charge in [0.2, 0.25) is 5.95 Å². The van der Waals surface area contributed by atoms with Crippen molar-refractivity contribution in [2.75, 3.05) is 38.5 Å². The van der Waals surface area contributed by atoms with Crippen molar-refractivity contribution in [3.8, 4) is 0 Å². The van der Waals surface area contributed by atoms with Crippen LogP contribution in [0.15, 0.2) is 30.6 Å². The molecule has 0 bridgehead atoms. The van der Waals surface area contributed by atoms with Crippen LogP contribution < -0.4 is 5.32 Å². The first-order valence-corrected chi connectivity index (χ1v) is 10.1. The second kappa shape index (κ2) is 8.69. The van der Waals surface area contributed by atoms with Crippen LogP contribution in [-0.2, 0) is 0 Å². The van der Waals surface area contributed by atoms with Gasteiger partial charge in [-0.25, -0.2) is 9.97 Å². The van der Waals surface area contributed by atoms with Crippen molar-refractivity contribution in [3.05, 3.63) is 47.3 Å². The zero-order valence-electron chi connectivity index (χ0n) is 17.6. The molecule has 0 atom stereocenters. The number of piperazine rings is 1. The molecule has 0 radical (unpaired) electrons. The third-order valence-electron chi connectivity index (χ3n) is 5.30. The van der Waals surface area contributed by atoms with E-state index in [4.69, 9.17) is 0 Å². The summed E-state index contributed by atoms with van der Waals surface area (Å²) in [5.74, 6) is 1.30. The molecule has 0 saturated carbocycles. The molecule has 0 spiro atoms. The van der Waals surface area contributed by atoms with E-state index < -0.39 is 0 Å². The molecule has 0 unspecified atom stereocenters. The third-order valence-corrected chi connectivity index (χ3v) is 5.30. The first-order chi connectivity index (χ1) is 13.4. The van der Waals surface area contributed by atoms with Crippen molar-refractivity contribution >= 4 is 17.5 Å². The lowest BCUT2D eigenvalue weighted by molar-refractivity contribution is 0.0663. The summed E-state index contributed by atoms with van der Waals surface area (Å²) in [6, 6.07) is 6.39. The molecule has 1 amide bonds. The molecule has 150 valence electrons. The van der Waals surface area contributed by atoms with Gasteiger partial charge in [0.15, 0.2) is 0 Å². The van der Waals surface area contributed by atoms with Crippen LogP contribution in [0.4, 0.5) is 11.6 Å². The molecule has 6 heteroatoms. The number of carbonyl (C=O) groups excluding carboxylic acids is 1. The van der Waals surface area contributed by atoms with Gasteiger partial charge in [0.1, 0.15) is 0 Å². The van der Waals surface area contributed by atoms with Gasteiger partial charge in [0.05, 0.1) is 5.56 Å². The monoisotopic (exact) mass is 381 g/mol. The number of para-hydroxylation sites is 1. The van der Waals surface area contributed by atoms with Gasteiger partial charge in [0.25, 0.3) is 5.91 Å². The number of hydrogen-bond acceptors (Lipinski definition) is 5. The van der Waals surface area contributed by atoms with E-state index in [-0.39, 0.29) is 5.91 Å². The maximum absolute atomic E-state index is 12.7. The van der Waals surface area contributed by atoms with Crippen LogP contribution >= 0.6 is 0 Å². The summed E-state index contributed by atoms with van der Waals surface area (Å²) in [5, 5.41) is 3.40. The predicted molar refractivity (Wildman–Crippen MR) is 113 cm³/mol. The van der Waals surface area contributed by atoms with E-state index in [0.717, 1.165) is 31.9 Å². The summed E-state index contributed by atoms with van der Waals surface area (Å²) in [6.07, 6.45) is 3.26. The smallest absolute Gasteiger partial charge is 0.257 e. The van der Waals surface area contributed by atoms with Gasteiger partial charge in [-0.05, 0) is 30.0 Å². The number of hydrogen-bond donors (Lipinski definition) is 1. The van der Waals surface area contributed by atoms with Crippen molar-refractivity contribution in [1.29, 1.82) is 0 Å². The van der Waals surface area contributed by atoms with E-state index >= 15 is 0 Å². The van der Waals surface area contributed by atoms with Crippen LogP contribution in [0.3, 0.4) is 0 Å². The second-order valence-electron chi connectivity index (χ2n) is 8.14. The van der Waals surface area contributed by atoms with Crippen molar-refractivity contribution < 1.29 is 4.79 Å². The summed E-state index contributed by atoms with van der Waals surface area (Å²) in [5.41, 5.74) is 4.10. The Kier molecular flexibility index (Phi) is 6.29. The van der Waals surface area contributed by atoms with Crippen LogP contribution in [0.1, 0.15) is 61.0 Å². The van der Waals surface area contributed by atoms with E-state index in [1.165, 1.54) is 11.1 Å². The maximum atomic E-state index is 12.7. The van der Waals surface area contributed by atoms with Crippen molar-refractivity contribution in [1.82, 2.24) is 19.8 Å². The van der Waals surface area contributed by atoms with Crippen LogP contribution in [-0.4, -0.2) is 58.9 Å². The van der Waals surface area contributed by atoms with Crippen LogP contribution in [0.5, 0.6) is 0 Å². The minimum absolute atomic E-state index is 0.00472. The molecule has 1 aliphatic heterocycles. The molecular formula is C22H31N5O. The van der Waals surface area contributed by atoms with Crippen molar-refractivity contribution in [3.63, 3.8) is 0 Å². The molecule has 0 aliphatic carbocycles. The minimum atomic E-state index is 0.00472. The molecule has 1 saturated heterocycles. The molecule has 6 nitrogen and oxygen atoms in total. The second-order valence-corrected chi connectivity index (χ2v) is 8.14. The summed E-state index contributed by atoms with van der Waals surface area (Å²) in [4.78, 5) is 25.6. The fourth-order valence-corrected chi connectivity index (χ4v) is 3.50. The molecular weight excluding hydrogens is 350 g/mol. The van der Waals surface area contributed by atoms with Crippen molar-refractivity contribution in [2.24, 2.45) is 0 Å². The number of nitrogens with one attached hydrogen (secondary N) is 1. The van der Waals surface area contributed by atoms with Crippen LogP contribution in [0, 0.1) is 0 Å². The third kappa shape index (κ3) is 4.50. The Balaban J connectivity index is 1.79. The molecule has 1 aliphatic rings. The molecule has 28 heavy (non-hydrogen) atoms. The minimum Gasteiger partial charge on any atom is -0.336 e. The van der Waals surface area contributed by atoms with E-state index in [0.29, 0.717) is 23.3 Å². The van der Waals surface area contributed by atoms with Gasteiger partial charge in [-0.2, -0.15) is 0 Å². The van der Waals surface area contributed by atoms with E-state index in [1.54, 1.807) is 12.4 Å². The largest absolute Gasteiger partial charge is 0.336 e. The first-order valence-electron chi connectivity index (χ1n) is 10.1. The summed E-state index contributed by atoms with van der Waals surface area (Å²) < 4.78 is 0. The standard InChI is InChI=1S/C22H31N5O/c1-15(2)18-7-6-8-19(16(3)4)20(18)25-22-23-13-17(14-24-22)21(28)27-11-9-26(5)10-12-27/h6-8,13-16H,9-12H2,1-5H3,(H,23,24,25). The molecule has 1 aromatic carbocycles. The van der Waals surface area contributed by atoms with Crippen molar-refractivity contribution in [2.45, 2.75) is 39.5 Å². The number of likely N-dealkylation sites (N-methyl/N-ethyl adjacent to an activating group) is 1. The lowest BCUT2D eigenvalue weighted by atomic mass is 9.93. The van der Waals surface area contributed by atoms with Gasteiger partial charge < -0.3 is 15.1 Å². The number of nitrogens with zero attached hydrogens (tertiary/aromatic N) is 4. The molecule has 2 aromatic rings. The number of carbonyl (C=O) groups is 1. The zero-order chi connectivity index (χ0) is 20.3. The summed E-state index contributed by atoms with van der Waals surface area (Å²) in [6.45, 7) is 12.0. The summed E-state index contributed by atoms with van der Waals surface area (Å²) in [7, 11) is 2.08. The average Bonchev–Trinajstić information content (AvgIpc) is 2.68. The highest BCUT2D eigenvalue weighted by Gasteiger charge is 2.21. The number of rotatable bonds is 5. The first kappa shape index (κ1) is 20.3. The van der Waals surface area contributed by atoms with E-state index in [2.05, 4.69) is 73.1 Å². The molecule has 1 aromatic heterocycles. The maximum Gasteiger partial charge on any atom is 0.257 e. The molecule has 1 N–H and O–H groups in total. The van der Waals surface area contributed by atoms with Gasteiger partial charge in [0, 0.05) is 44.3 Å². The van der Waals surface area contributed by atoms with Gasteiger partial charge in [-0.3, -0.25) is 4.79 Å². The van der Waals surface area contributed by atoms with Crippen LogP contribution in [0.2, 0.25) is 0 Å². The fraction of sp³-hybridized carbons (Fsp3) is 0.500. The Labute approximate surface area is 168 Å². The fourth-order valence-electron chi connectivity index (χ4n) is 3.50. The number of aromatic nitrogens is 2. The number of amides is 1. The van der Waals surface area contributed by atoms with E-state index in [1.807, 2.05) is 4.90 Å². The predicted octanol–water partition coefficient (Wildman–Crippen LogP) is 3.85. The van der Waals surface area contributed by atoms with Gasteiger partial charge >= 0.3 is 0 Å². The topological polar surface area (TPSA) is 61.4 Å². The highest BCUT2D eigenvalue weighted by atomic mass is 16.2. The summed E-state index contributed by atoms with van der Waals surface area (Å²) >= 11 is 0. The van der Waals surface area contributed by atoms with Gasteiger partial charge in [-0.1, -0.05) is 45.9 Å². The lowest BCUT2D eigenvalue weighted by Crippen LogP contribution is -2.47. The number of benzene rings is 1. The molecule has 1 fully saturated rings. The van der Waals surface area contributed by atoms with E-state index in [9.17, 15) is 4.79 Å². The highest BCUT2D eigenvalue weighted by Crippen LogP contribution is 2.33. The number of anilines is 2. The normalized spacial score (nSPS) is 15.3. The Bertz CT molecular complexity index is 782. The molecule has 3 rings (SSSR count). The Morgan fingerprint density at radius 3 is 2.00 bits per heavy atom. The Morgan fingerprint density at radius 1 is 0.964 bits per heavy atom. The van der Waals surface area contributed by atoms with Crippen LogP contribution in [0.25, 0.3) is 0 Å². The zero-order valence-corrected chi connectivity index (χ0v) is 17.6. The Morgan fingerprint density at radius 2 is 1.50 bits per heavy atom. The Hall–Kier alpha value is -2.47. The quantitative estimate of drug-likeness (QED) is 0.852. The SMILES string of the molecule is CC(C)c1cccc(C(C)C)c1Nc1ncc(C(=O)N2CCN(C)CC2)cn1. The average molecular weight is 382 g/mol.